The molecule has 0 bridgehead atoms. The molecular formula is C17H17F3O2. The number of hydrogen-bond acceptors (Lipinski definition) is 2. The minimum absolute atomic E-state index is 0.250. The summed E-state index contributed by atoms with van der Waals surface area (Å²) in [4.78, 5) is 0. The van der Waals surface area contributed by atoms with Crippen LogP contribution in [0.3, 0.4) is 0 Å². The third kappa shape index (κ3) is 3.18. The van der Waals surface area contributed by atoms with Crippen molar-refractivity contribution in [1.82, 2.24) is 0 Å². The van der Waals surface area contributed by atoms with Crippen LogP contribution in [0.2, 0.25) is 0 Å². The lowest BCUT2D eigenvalue weighted by Gasteiger charge is -2.16. The molecular weight excluding hydrogens is 293 g/mol. The van der Waals surface area contributed by atoms with E-state index >= 15 is 0 Å². The van der Waals surface area contributed by atoms with Gasteiger partial charge in [-0.2, -0.15) is 0 Å². The van der Waals surface area contributed by atoms with E-state index in [9.17, 15) is 13.2 Å². The maximum atomic E-state index is 13.9. The van der Waals surface area contributed by atoms with Gasteiger partial charge in [-0.15, -0.1) is 0 Å². The summed E-state index contributed by atoms with van der Waals surface area (Å²) in [6.45, 7) is 3.23. The summed E-state index contributed by atoms with van der Waals surface area (Å²) in [7, 11) is 0. The van der Waals surface area contributed by atoms with Gasteiger partial charge in [0.05, 0.1) is 24.3 Å². The summed E-state index contributed by atoms with van der Waals surface area (Å²) in [5.41, 5.74) is 0.129. The van der Waals surface area contributed by atoms with Gasteiger partial charge >= 0.3 is 0 Å². The molecule has 0 unspecified atom stereocenters. The Labute approximate surface area is 127 Å². The van der Waals surface area contributed by atoms with Crippen molar-refractivity contribution in [3.63, 3.8) is 0 Å². The van der Waals surface area contributed by atoms with E-state index in [-0.39, 0.29) is 5.56 Å². The second-order valence-electron chi connectivity index (χ2n) is 4.55. The molecule has 0 N–H and O–H groups in total. The molecule has 0 aliphatic rings. The average Bonchev–Trinajstić information content (AvgIpc) is 2.48. The molecule has 22 heavy (non-hydrogen) atoms. The van der Waals surface area contributed by atoms with E-state index in [1.54, 1.807) is 18.2 Å². The van der Waals surface area contributed by atoms with Gasteiger partial charge in [0, 0.05) is 0 Å². The number of benzene rings is 2. The third-order valence-corrected chi connectivity index (χ3v) is 3.15. The Hall–Kier alpha value is -2.17. The molecule has 5 heteroatoms. The predicted octanol–water partition coefficient (Wildman–Crippen LogP) is 4.90. The van der Waals surface area contributed by atoms with Crippen LogP contribution in [0.5, 0.6) is 11.5 Å². The smallest absolute Gasteiger partial charge is 0.132 e. The van der Waals surface area contributed by atoms with Crippen molar-refractivity contribution in [2.45, 2.75) is 20.5 Å². The van der Waals surface area contributed by atoms with Gasteiger partial charge < -0.3 is 9.47 Å². The molecule has 0 spiro atoms. The Balaban J connectivity index is 2.64. The molecule has 0 saturated carbocycles. The molecule has 118 valence electrons. The minimum atomic E-state index is -1.19. The first-order valence-electron chi connectivity index (χ1n) is 7.05. The number of rotatable bonds is 6. The molecule has 2 aromatic carbocycles. The van der Waals surface area contributed by atoms with Gasteiger partial charge in [0.1, 0.15) is 29.8 Å². The van der Waals surface area contributed by atoms with Gasteiger partial charge in [-0.05, 0) is 43.7 Å². The molecule has 0 aliphatic heterocycles. The van der Waals surface area contributed by atoms with E-state index in [0.717, 1.165) is 12.1 Å². The van der Waals surface area contributed by atoms with Crippen LogP contribution in [0.15, 0.2) is 30.3 Å². The summed E-state index contributed by atoms with van der Waals surface area (Å²) in [6.07, 6.45) is 0. The molecule has 2 rings (SSSR count). The second-order valence-corrected chi connectivity index (χ2v) is 4.55. The first-order valence-corrected chi connectivity index (χ1v) is 7.05. The van der Waals surface area contributed by atoms with Crippen LogP contribution in [0, 0.1) is 11.6 Å². The van der Waals surface area contributed by atoms with E-state index in [4.69, 9.17) is 9.47 Å². The Bertz CT molecular complexity index is 609. The van der Waals surface area contributed by atoms with Crippen LogP contribution >= 0.6 is 0 Å². The van der Waals surface area contributed by atoms with Crippen molar-refractivity contribution in [3.8, 4) is 22.6 Å². The lowest BCUT2D eigenvalue weighted by molar-refractivity contribution is 0.325. The van der Waals surface area contributed by atoms with Crippen LogP contribution in [0.25, 0.3) is 11.1 Å². The zero-order valence-corrected chi connectivity index (χ0v) is 12.5. The molecule has 0 fully saturated rings. The lowest BCUT2D eigenvalue weighted by atomic mass is 10.0. The summed E-state index contributed by atoms with van der Waals surface area (Å²) in [6, 6.07) is 7.32. The normalized spacial score (nSPS) is 10.6. The molecule has 0 aromatic heterocycles. The van der Waals surface area contributed by atoms with E-state index in [1.807, 2.05) is 13.8 Å². The number of alkyl halides is 1. The largest absolute Gasteiger partial charge is 0.493 e. The van der Waals surface area contributed by atoms with Crippen molar-refractivity contribution in [1.29, 1.82) is 0 Å². The van der Waals surface area contributed by atoms with E-state index in [2.05, 4.69) is 0 Å². The van der Waals surface area contributed by atoms with Crippen molar-refractivity contribution >= 4 is 0 Å². The Morgan fingerprint density at radius 1 is 0.909 bits per heavy atom. The Morgan fingerprint density at radius 3 is 1.82 bits per heavy atom. The molecule has 0 radical (unpaired) electrons. The van der Waals surface area contributed by atoms with Gasteiger partial charge in [-0.1, -0.05) is 6.07 Å². The Kier molecular flexibility index (Phi) is 5.31. The number of halogens is 3. The van der Waals surface area contributed by atoms with Crippen molar-refractivity contribution in [2.75, 3.05) is 13.2 Å². The van der Waals surface area contributed by atoms with Crippen molar-refractivity contribution < 1.29 is 22.6 Å². The minimum Gasteiger partial charge on any atom is -0.493 e. The van der Waals surface area contributed by atoms with Crippen LogP contribution in [0.4, 0.5) is 13.2 Å². The van der Waals surface area contributed by atoms with Crippen LogP contribution in [-0.4, -0.2) is 13.2 Å². The highest BCUT2D eigenvalue weighted by Crippen LogP contribution is 2.39. The zero-order chi connectivity index (χ0) is 16.1. The lowest BCUT2D eigenvalue weighted by Crippen LogP contribution is -2.01. The van der Waals surface area contributed by atoms with E-state index in [1.165, 1.54) is 0 Å². The molecule has 2 nitrogen and oxygen atoms in total. The predicted molar refractivity (Wildman–Crippen MR) is 78.9 cm³/mol. The highest BCUT2D eigenvalue weighted by atomic mass is 19.1. The van der Waals surface area contributed by atoms with E-state index in [0.29, 0.717) is 30.3 Å². The number of hydrogen-bond donors (Lipinski definition) is 0. The van der Waals surface area contributed by atoms with Crippen molar-refractivity contribution in [2.24, 2.45) is 0 Å². The highest BCUT2D eigenvalue weighted by Gasteiger charge is 2.18. The van der Waals surface area contributed by atoms with Gasteiger partial charge in [-0.25, -0.2) is 13.2 Å². The van der Waals surface area contributed by atoms with Crippen molar-refractivity contribution in [3.05, 3.63) is 47.5 Å². The van der Waals surface area contributed by atoms with Crippen LogP contribution < -0.4 is 9.47 Å². The molecule has 0 atom stereocenters. The van der Waals surface area contributed by atoms with Crippen LogP contribution in [-0.2, 0) is 6.67 Å². The van der Waals surface area contributed by atoms with Gasteiger partial charge in [0.2, 0.25) is 0 Å². The topological polar surface area (TPSA) is 18.5 Å². The summed E-state index contributed by atoms with van der Waals surface area (Å²) in [5, 5.41) is 0. The first kappa shape index (κ1) is 16.2. The fraction of sp³-hybridized carbons (Fsp3) is 0.294. The zero-order valence-electron chi connectivity index (χ0n) is 12.5. The maximum Gasteiger partial charge on any atom is 0.132 e. The standard InChI is InChI=1S/C17H17F3O2/c1-3-21-15-6-5-7-16(22-4-2)17(15)11-8-13(19)12(10-18)14(20)9-11/h5-9H,3-4,10H2,1-2H3. The SMILES string of the molecule is CCOc1cccc(OCC)c1-c1cc(F)c(CF)c(F)c1. The summed E-state index contributed by atoms with van der Waals surface area (Å²) < 4.78 is 51.4. The molecule has 0 saturated heterocycles. The van der Waals surface area contributed by atoms with Gasteiger partial charge in [0.15, 0.2) is 0 Å². The second kappa shape index (κ2) is 7.20. The first-order chi connectivity index (χ1) is 10.6. The molecule has 0 amide bonds. The highest BCUT2D eigenvalue weighted by molar-refractivity contribution is 5.77. The Morgan fingerprint density at radius 2 is 1.41 bits per heavy atom. The summed E-state index contributed by atoms with van der Waals surface area (Å²) in [5.74, 6) is -0.932. The van der Waals surface area contributed by atoms with Gasteiger partial charge in [-0.3, -0.25) is 0 Å². The van der Waals surface area contributed by atoms with Gasteiger partial charge in [0.25, 0.3) is 0 Å². The molecule has 0 heterocycles. The fourth-order valence-electron chi connectivity index (χ4n) is 2.22. The monoisotopic (exact) mass is 310 g/mol. The van der Waals surface area contributed by atoms with E-state index < -0.39 is 23.9 Å². The summed E-state index contributed by atoms with van der Waals surface area (Å²) >= 11 is 0. The molecule has 2 aromatic rings. The fourth-order valence-corrected chi connectivity index (χ4v) is 2.22. The van der Waals surface area contributed by atoms with Crippen LogP contribution in [0.1, 0.15) is 19.4 Å². The number of ether oxygens (including phenoxy) is 2. The maximum absolute atomic E-state index is 13.9. The third-order valence-electron chi connectivity index (χ3n) is 3.15. The average molecular weight is 310 g/mol. The quantitative estimate of drug-likeness (QED) is 0.755. The molecule has 0 aliphatic carbocycles.